The second-order valence-electron chi connectivity index (χ2n) is 5.19. The first kappa shape index (κ1) is 15.3. The summed E-state index contributed by atoms with van der Waals surface area (Å²) in [6.07, 6.45) is 6.78. The summed E-state index contributed by atoms with van der Waals surface area (Å²) in [6, 6.07) is 2.01. The third-order valence-corrected chi connectivity index (χ3v) is 3.46. The van der Waals surface area contributed by atoms with Crippen LogP contribution < -0.4 is 0 Å². The number of halogens is 2. The highest BCUT2D eigenvalue weighted by molar-refractivity contribution is 6.30. The van der Waals surface area contributed by atoms with Gasteiger partial charge in [0.05, 0.1) is 4.87 Å². The number of allylic oxidation sites excluding steroid dienone is 4. The van der Waals surface area contributed by atoms with Crippen molar-refractivity contribution in [3.63, 3.8) is 0 Å². The summed E-state index contributed by atoms with van der Waals surface area (Å²) in [5.74, 6) is -0.213. The van der Waals surface area contributed by atoms with Crippen LogP contribution in [0.1, 0.15) is 30.4 Å². The number of hydrogen-bond donors (Lipinski definition) is 0. The molecular weight excluding hydrogens is 293 g/mol. The molecular formula is C15H15ClFN3O. The Morgan fingerprint density at radius 1 is 1.57 bits per heavy atom. The van der Waals surface area contributed by atoms with E-state index in [1.807, 2.05) is 20.2 Å². The predicted molar refractivity (Wildman–Crippen MR) is 80.0 cm³/mol. The largest absolute Gasteiger partial charge is 0.383 e. The molecule has 0 saturated carbocycles. The van der Waals surface area contributed by atoms with Crippen molar-refractivity contribution in [2.45, 2.75) is 18.2 Å². The summed E-state index contributed by atoms with van der Waals surface area (Å²) in [5.41, 5.74) is 0.534. The minimum absolute atomic E-state index is 0.162. The zero-order chi connectivity index (χ0) is 15.6. The standard InChI is InChI=1S/C15H15ClFN3O/c1-15(16)7-4-5-11(17)13(15)14-10(9-18)12(21-19-14)6-8-20(2)3/h4-6,8H,7H2,1-3H3. The molecule has 1 aromatic rings. The molecule has 6 heteroatoms. The normalized spacial score (nSPS) is 21.9. The second kappa shape index (κ2) is 5.74. The van der Waals surface area contributed by atoms with Crippen molar-refractivity contribution in [1.29, 1.82) is 5.26 Å². The molecule has 1 aromatic heterocycles. The maximum atomic E-state index is 14.2. The fourth-order valence-corrected chi connectivity index (χ4v) is 2.36. The Morgan fingerprint density at radius 2 is 2.29 bits per heavy atom. The fourth-order valence-electron chi connectivity index (χ4n) is 2.09. The lowest BCUT2D eigenvalue weighted by atomic mass is 9.87. The first-order chi connectivity index (χ1) is 9.86. The van der Waals surface area contributed by atoms with E-state index in [2.05, 4.69) is 5.16 Å². The number of hydrogen-bond acceptors (Lipinski definition) is 4. The number of alkyl halides is 1. The quantitative estimate of drug-likeness (QED) is 0.799. The molecule has 0 aliphatic heterocycles. The van der Waals surface area contributed by atoms with Crippen molar-refractivity contribution in [2.75, 3.05) is 14.1 Å². The Kier molecular flexibility index (Phi) is 4.19. The maximum absolute atomic E-state index is 14.2. The van der Waals surface area contributed by atoms with Crippen molar-refractivity contribution in [1.82, 2.24) is 10.1 Å². The Bertz CT molecular complexity index is 678. The lowest BCUT2D eigenvalue weighted by molar-refractivity contribution is 0.408. The van der Waals surface area contributed by atoms with Gasteiger partial charge in [-0.15, -0.1) is 11.6 Å². The highest BCUT2D eigenvalue weighted by Gasteiger charge is 2.36. The maximum Gasteiger partial charge on any atom is 0.179 e. The molecule has 4 nitrogen and oxygen atoms in total. The average molecular weight is 308 g/mol. The van der Waals surface area contributed by atoms with E-state index in [1.165, 1.54) is 6.08 Å². The molecule has 0 radical (unpaired) electrons. The van der Waals surface area contributed by atoms with Gasteiger partial charge in [0.1, 0.15) is 23.2 Å². The van der Waals surface area contributed by atoms with Crippen LogP contribution in [0.5, 0.6) is 0 Å². The summed E-state index contributed by atoms with van der Waals surface area (Å²) in [5, 5.41) is 13.2. The van der Waals surface area contributed by atoms with Crippen LogP contribution in [0.2, 0.25) is 0 Å². The van der Waals surface area contributed by atoms with Crippen LogP contribution in [0.15, 0.2) is 28.7 Å². The first-order valence-electron chi connectivity index (χ1n) is 6.37. The summed E-state index contributed by atoms with van der Waals surface area (Å²) in [7, 11) is 3.67. The van der Waals surface area contributed by atoms with E-state index in [4.69, 9.17) is 16.1 Å². The number of nitriles is 1. The Hall–Kier alpha value is -2.06. The van der Waals surface area contributed by atoms with Crippen molar-refractivity contribution in [2.24, 2.45) is 0 Å². The Morgan fingerprint density at radius 3 is 2.86 bits per heavy atom. The molecule has 0 N–H and O–H groups in total. The molecule has 1 unspecified atom stereocenters. The van der Waals surface area contributed by atoms with Gasteiger partial charge in [-0.25, -0.2) is 4.39 Å². The van der Waals surface area contributed by atoms with Gasteiger partial charge in [0.15, 0.2) is 5.76 Å². The van der Waals surface area contributed by atoms with E-state index < -0.39 is 10.7 Å². The van der Waals surface area contributed by atoms with E-state index in [0.29, 0.717) is 6.42 Å². The highest BCUT2D eigenvalue weighted by Crippen LogP contribution is 2.43. The molecule has 0 bridgehead atoms. The van der Waals surface area contributed by atoms with Gasteiger partial charge < -0.3 is 9.42 Å². The number of nitrogens with zero attached hydrogens (tertiary/aromatic N) is 3. The van der Waals surface area contributed by atoms with Crippen LogP contribution in [0, 0.1) is 11.3 Å². The molecule has 1 aliphatic rings. The zero-order valence-corrected chi connectivity index (χ0v) is 12.8. The monoisotopic (exact) mass is 307 g/mol. The minimum Gasteiger partial charge on any atom is -0.383 e. The van der Waals surface area contributed by atoms with Crippen LogP contribution >= 0.6 is 11.6 Å². The van der Waals surface area contributed by atoms with Crippen molar-refractivity contribution in [3.8, 4) is 6.07 Å². The number of rotatable bonds is 3. The number of aromatic nitrogens is 1. The van der Waals surface area contributed by atoms with Gasteiger partial charge in [-0.2, -0.15) is 5.26 Å². The van der Waals surface area contributed by atoms with Gasteiger partial charge in [-0.3, -0.25) is 0 Å². The summed E-state index contributed by atoms with van der Waals surface area (Å²) in [4.78, 5) is 0.835. The predicted octanol–water partition coefficient (Wildman–Crippen LogP) is 3.72. The van der Waals surface area contributed by atoms with Gasteiger partial charge in [0.25, 0.3) is 0 Å². The van der Waals surface area contributed by atoms with E-state index in [0.717, 1.165) is 0 Å². The average Bonchev–Trinajstić information content (AvgIpc) is 2.77. The van der Waals surface area contributed by atoms with E-state index in [9.17, 15) is 9.65 Å². The third kappa shape index (κ3) is 3.01. The van der Waals surface area contributed by atoms with Crippen molar-refractivity contribution < 1.29 is 8.91 Å². The third-order valence-electron chi connectivity index (χ3n) is 3.12. The van der Waals surface area contributed by atoms with Gasteiger partial charge >= 0.3 is 0 Å². The first-order valence-corrected chi connectivity index (χ1v) is 6.75. The molecule has 0 spiro atoms. The highest BCUT2D eigenvalue weighted by atomic mass is 35.5. The van der Waals surface area contributed by atoms with Gasteiger partial charge in [-0.05, 0) is 19.4 Å². The van der Waals surface area contributed by atoms with Crippen LogP contribution in [0.3, 0.4) is 0 Å². The molecule has 1 heterocycles. The summed E-state index contributed by atoms with van der Waals surface area (Å²) in [6.45, 7) is 1.69. The SMILES string of the molecule is CN(C)C=Cc1onc(C2=C(F)C=CCC2(C)Cl)c1C#N. The van der Waals surface area contributed by atoms with Gasteiger partial charge in [0.2, 0.25) is 0 Å². The molecule has 0 amide bonds. The molecule has 0 saturated heterocycles. The van der Waals surface area contributed by atoms with Crippen LogP contribution in [0.25, 0.3) is 11.6 Å². The second-order valence-corrected chi connectivity index (χ2v) is 6.02. The van der Waals surface area contributed by atoms with E-state index >= 15 is 0 Å². The Labute approximate surface area is 127 Å². The lowest BCUT2D eigenvalue weighted by Gasteiger charge is -2.25. The Balaban J connectivity index is 2.56. The molecule has 0 fully saturated rings. The van der Waals surface area contributed by atoms with E-state index in [-0.39, 0.29) is 22.6 Å². The summed E-state index contributed by atoms with van der Waals surface area (Å²) < 4.78 is 19.3. The molecule has 0 aromatic carbocycles. The molecule has 21 heavy (non-hydrogen) atoms. The summed E-state index contributed by atoms with van der Waals surface area (Å²) >= 11 is 6.37. The minimum atomic E-state index is -0.955. The smallest absolute Gasteiger partial charge is 0.179 e. The van der Waals surface area contributed by atoms with E-state index in [1.54, 1.807) is 30.2 Å². The molecule has 2 rings (SSSR count). The zero-order valence-electron chi connectivity index (χ0n) is 12.0. The van der Waals surface area contributed by atoms with Gasteiger partial charge in [0, 0.05) is 31.9 Å². The fraction of sp³-hybridized carbons (Fsp3) is 0.333. The molecule has 1 atom stereocenters. The van der Waals surface area contributed by atoms with Crippen LogP contribution in [0.4, 0.5) is 4.39 Å². The van der Waals surface area contributed by atoms with Crippen LogP contribution in [-0.2, 0) is 0 Å². The topological polar surface area (TPSA) is 53.1 Å². The molecule has 1 aliphatic carbocycles. The molecule has 110 valence electrons. The van der Waals surface area contributed by atoms with Crippen LogP contribution in [-0.4, -0.2) is 29.0 Å². The van der Waals surface area contributed by atoms with Crippen molar-refractivity contribution in [3.05, 3.63) is 41.2 Å². The van der Waals surface area contributed by atoms with Gasteiger partial charge in [-0.1, -0.05) is 11.2 Å². The lowest BCUT2D eigenvalue weighted by Crippen LogP contribution is -2.21. The van der Waals surface area contributed by atoms with Crippen molar-refractivity contribution >= 4 is 23.3 Å².